The van der Waals surface area contributed by atoms with Crippen LogP contribution in [0.1, 0.15) is 90.9 Å². The van der Waals surface area contributed by atoms with Crippen molar-refractivity contribution in [3.63, 3.8) is 0 Å². The van der Waals surface area contributed by atoms with E-state index in [0.29, 0.717) is 31.4 Å². The topological polar surface area (TPSA) is 198 Å². The smallest absolute Gasteiger partial charge is 0.411 e. The number of aliphatic hydroxyl groups is 1. The summed E-state index contributed by atoms with van der Waals surface area (Å²) in [4.78, 5) is 83.6. The standard InChI is InChI=1S/C50H69N5O12/c1-11-39-50(28-56)43(55(48(61)67-50)23-16-15-22-54-27-37(52-29-54)36-20-17-21-51-26-36)32(4)40(57)30(2)25-49(7,62-10)44(33(5)41(58)34(6)45(59)64-39)66-47-42(38(53(8)9)24-31(3)63-47)65-46(60)35-18-13-12-14-19-35/h12-14,17-21,26-27,29-34,38-39,42-44,47,56H,11,15-16,22-25,28H2,1-10H3/t30-,31-,32+,33+,34-,38+,39-,42-,43-,44-,47+,49-,50-/m1/s1. The fraction of sp³-hybridized carbons (Fsp3) is 0.620. The van der Waals surface area contributed by atoms with E-state index in [1.165, 1.54) is 18.9 Å². The maximum Gasteiger partial charge on any atom is 0.411 e. The summed E-state index contributed by atoms with van der Waals surface area (Å²) in [5.41, 5.74) is -1.23. The Bertz CT molecular complexity index is 2170. The van der Waals surface area contributed by atoms with E-state index in [1.54, 1.807) is 83.7 Å². The summed E-state index contributed by atoms with van der Waals surface area (Å²) in [6.45, 7) is 11.9. The van der Waals surface area contributed by atoms with Gasteiger partial charge in [-0.2, -0.15) is 0 Å². The van der Waals surface area contributed by atoms with Gasteiger partial charge in [-0.25, -0.2) is 14.6 Å². The maximum atomic E-state index is 15.0. The fourth-order valence-electron chi connectivity index (χ4n) is 10.3. The van der Waals surface area contributed by atoms with Gasteiger partial charge in [-0.3, -0.25) is 19.4 Å². The van der Waals surface area contributed by atoms with Gasteiger partial charge in [-0.05, 0) is 91.2 Å². The van der Waals surface area contributed by atoms with Crippen molar-refractivity contribution in [2.24, 2.45) is 23.7 Å². The maximum absolute atomic E-state index is 15.0. The molecule has 0 spiro atoms. The Hall–Kier alpha value is -5.07. The number of ketones is 2. The molecule has 3 aromatic rings. The van der Waals surface area contributed by atoms with Gasteiger partial charge in [0.15, 0.2) is 23.8 Å². The van der Waals surface area contributed by atoms with Crippen LogP contribution >= 0.6 is 0 Å². The highest BCUT2D eigenvalue weighted by Crippen LogP contribution is 2.43. The first kappa shape index (κ1) is 51.3. The number of unbranched alkanes of at least 4 members (excludes halogenated alkanes) is 1. The number of methoxy groups -OCH3 is 1. The lowest BCUT2D eigenvalue weighted by Gasteiger charge is -2.48. The number of aliphatic hydroxyl groups excluding tert-OH is 1. The second kappa shape index (κ2) is 21.9. The molecule has 1 N–H and O–H groups in total. The Morgan fingerprint density at radius 1 is 0.970 bits per heavy atom. The summed E-state index contributed by atoms with van der Waals surface area (Å²) in [5.74, 6) is -6.44. The molecular formula is C50H69N5O12. The van der Waals surface area contributed by atoms with E-state index >= 15 is 0 Å². The molecule has 3 aliphatic heterocycles. The molecule has 17 heteroatoms. The molecule has 13 atom stereocenters. The van der Waals surface area contributed by atoms with Crippen LogP contribution in [0.4, 0.5) is 4.79 Å². The SMILES string of the molecule is CC[C@H]1OC(=O)[C@H](C)C(=O)[C@H](C)[C@@H](O[C@@H]2O[C@H](C)C[C@H](N(C)C)[C@H]2OC(=O)c2ccccc2)[C@](C)(OC)C[C@@H](C)C(=O)[C@H](C)[C@H]2N(CCCCn3cnc(-c4cccnc4)c3)C(=O)O[C@]12CO. The van der Waals surface area contributed by atoms with Crippen molar-refractivity contribution >= 4 is 29.6 Å². The average Bonchev–Trinajstić information content (AvgIpc) is 3.92. The summed E-state index contributed by atoms with van der Waals surface area (Å²) >= 11 is 0. The summed E-state index contributed by atoms with van der Waals surface area (Å²) in [6, 6.07) is 10.9. The number of imidazole rings is 1. The second-order valence-corrected chi connectivity index (χ2v) is 19.0. The van der Waals surface area contributed by atoms with E-state index in [4.69, 9.17) is 28.4 Å². The van der Waals surface area contributed by atoms with Gasteiger partial charge in [-0.1, -0.05) is 45.9 Å². The number of pyridine rings is 1. The number of cyclic esters (lactones) is 1. The minimum Gasteiger partial charge on any atom is -0.457 e. The summed E-state index contributed by atoms with van der Waals surface area (Å²) in [7, 11) is 5.21. The number of hydrogen-bond donors (Lipinski definition) is 1. The molecule has 0 saturated carbocycles. The van der Waals surface area contributed by atoms with Gasteiger partial charge in [0.05, 0.1) is 54.1 Å². The molecular weight excluding hydrogens is 863 g/mol. The zero-order valence-corrected chi connectivity index (χ0v) is 40.5. The third-order valence-corrected chi connectivity index (χ3v) is 14.1. The highest BCUT2D eigenvalue weighted by molar-refractivity contribution is 6.00. The molecule has 0 radical (unpaired) electrons. The van der Waals surface area contributed by atoms with Gasteiger partial charge in [0.2, 0.25) is 0 Å². The number of aryl methyl sites for hydroxylation is 1. The lowest BCUT2D eigenvalue weighted by Crippen LogP contribution is -2.62. The van der Waals surface area contributed by atoms with Gasteiger partial charge in [-0.15, -0.1) is 0 Å². The van der Waals surface area contributed by atoms with Gasteiger partial charge >= 0.3 is 18.0 Å². The van der Waals surface area contributed by atoms with E-state index in [0.717, 1.165) is 11.3 Å². The first-order valence-electron chi connectivity index (χ1n) is 23.5. The predicted octanol–water partition coefficient (Wildman–Crippen LogP) is 5.77. The average molecular weight is 932 g/mol. The van der Waals surface area contributed by atoms with E-state index in [-0.39, 0.29) is 37.3 Å². The van der Waals surface area contributed by atoms with E-state index < -0.39 is 95.9 Å². The Morgan fingerprint density at radius 2 is 1.69 bits per heavy atom. The summed E-state index contributed by atoms with van der Waals surface area (Å²) in [5, 5.41) is 11.3. The molecule has 0 bridgehead atoms. The van der Waals surface area contributed by atoms with Crippen LogP contribution in [-0.2, 0) is 49.3 Å². The molecule has 67 heavy (non-hydrogen) atoms. The number of likely N-dealkylation sites (N-methyl/N-ethyl adjacent to an activating group) is 1. The lowest BCUT2D eigenvalue weighted by molar-refractivity contribution is -0.294. The number of aromatic nitrogens is 3. The third kappa shape index (κ3) is 11.0. The number of amides is 1. The zero-order valence-electron chi connectivity index (χ0n) is 40.5. The number of hydrogen-bond acceptors (Lipinski definition) is 15. The Kier molecular flexibility index (Phi) is 16.8. The molecule has 0 unspecified atom stereocenters. The Morgan fingerprint density at radius 3 is 2.33 bits per heavy atom. The number of rotatable bonds is 14. The van der Waals surface area contributed by atoms with Crippen LogP contribution < -0.4 is 0 Å². The highest BCUT2D eigenvalue weighted by atomic mass is 16.7. The van der Waals surface area contributed by atoms with Gasteiger partial charge < -0.3 is 47.9 Å². The minimum absolute atomic E-state index is 0.0262. The molecule has 1 aromatic carbocycles. The van der Waals surface area contributed by atoms with Crippen molar-refractivity contribution < 1.29 is 57.5 Å². The number of esters is 2. The summed E-state index contributed by atoms with van der Waals surface area (Å²) < 4.78 is 40.0. The van der Waals surface area contributed by atoms with Crippen molar-refractivity contribution in [2.75, 3.05) is 34.4 Å². The van der Waals surface area contributed by atoms with Crippen LogP contribution in [0.15, 0.2) is 67.4 Å². The normalized spacial score (nSPS) is 33.2. The van der Waals surface area contributed by atoms with E-state index in [1.807, 2.05) is 48.8 Å². The largest absolute Gasteiger partial charge is 0.457 e. The van der Waals surface area contributed by atoms with Crippen LogP contribution in [-0.4, -0.2) is 147 Å². The molecule has 3 aliphatic rings. The number of ether oxygens (including phenoxy) is 6. The quantitative estimate of drug-likeness (QED) is 0.0885. The highest BCUT2D eigenvalue weighted by Gasteiger charge is 2.63. The Labute approximate surface area is 393 Å². The van der Waals surface area contributed by atoms with Crippen LogP contribution in [0, 0.1) is 23.7 Å². The van der Waals surface area contributed by atoms with Crippen molar-refractivity contribution in [3.05, 3.63) is 72.9 Å². The van der Waals surface area contributed by atoms with Crippen molar-refractivity contribution in [2.45, 2.75) is 141 Å². The number of carbonyl (C=O) groups is 5. The monoisotopic (exact) mass is 931 g/mol. The number of Topliss-reactive ketones (excluding diaryl/α,β-unsaturated/α-hetero) is 2. The third-order valence-electron chi connectivity index (χ3n) is 14.1. The van der Waals surface area contributed by atoms with E-state index in [9.17, 15) is 29.1 Å². The molecule has 17 nitrogen and oxygen atoms in total. The fourth-order valence-corrected chi connectivity index (χ4v) is 10.3. The van der Waals surface area contributed by atoms with Crippen molar-refractivity contribution in [1.82, 2.24) is 24.3 Å². The van der Waals surface area contributed by atoms with Crippen LogP contribution in [0.2, 0.25) is 0 Å². The van der Waals surface area contributed by atoms with Gasteiger partial charge in [0.1, 0.15) is 17.8 Å². The molecule has 3 saturated heterocycles. The van der Waals surface area contributed by atoms with Gasteiger partial charge in [0.25, 0.3) is 0 Å². The van der Waals surface area contributed by atoms with Gasteiger partial charge in [0, 0.05) is 62.1 Å². The van der Waals surface area contributed by atoms with Crippen molar-refractivity contribution in [1.29, 1.82) is 0 Å². The molecule has 6 rings (SSSR count). The number of nitrogens with zero attached hydrogens (tertiary/aromatic N) is 5. The predicted molar refractivity (Wildman–Crippen MR) is 245 cm³/mol. The summed E-state index contributed by atoms with van der Waals surface area (Å²) in [6.07, 6.45) is 3.20. The lowest BCUT2D eigenvalue weighted by atomic mass is 9.73. The number of fused-ring (bicyclic) bond motifs is 1. The molecule has 366 valence electrons. The van der Waals surface area contributed by atoms with Crippen LogP contribution in [0.3, 0.4) is 0 Å². The molecule has 2 aromatic heterocycles. The number of carbonyl (C=O) groups excluding carboxylic acids is 5. The molecule has 3 fully saturated rings. The number of benzene rings is 1. The van der Waals surface area contributed by atoms with Crippen LogP contribution in [0.25, 0.3) is 11.3 Å². The molecule has 1 amide bonds. The molecule has 0 aliphatic carbocycles. The zero-order chi connectivity index (χ0) is 48.8. The van der Waals surface area contributed by atoms with Crippen molar-refractivity contribution in [3.8, 4) is 11.3 Å². The van der Waals surface area contributed by atoms with Crippen LogP contribution in [0.5, 0.6) is 0 Å². The first-order valence-corrected chi connectivity index (χ1v) is 23.5. The Balaban J connectivity index is 1.31. The first-order chi connectivity index (χ1) is 31.9. The van der Waals surface area contributed by atoms with E-state index in [2.05, 4.69) is 9.97 Å². The minimum atomic E-state index is -1.84. The molecule has 5 heterocycles. The second-order valence-electron chi connectivity index (χ2n) is 19.0.